The summed E-state index contributed by atoms with van der Waals surface area (Å²) in [5.41, 5.74) is 0. The molecule has 0 spiro atoms. The Labute approximate surface area is 83.0 Å². The van der Waals surface area contributed by atoms with Gasteiger partial charge >= 0.3 is 23.1 Å². The number of hydrogen-bond acceptors (Lipinski definition) is 4. The van der Waals surface area contributed by atoms with Crippen molar-refractivity contribution < 1.29 is 15.3 Å². The summed E-state index contributed by atoms with van der Waals surface area (Å²) in [4.78, 5) is 1.17. The van der Waals surface area contributed by atoms with Gasteiger partial charge in [-0.25, -0.2) is 4.90 Å². The molecule has 0 amide bonds. The molecule has 0 bridgehead atoms. The Kier molecular flexibility index (Phi) is 7.92. The Bertz CT molecular complexity index is 78.8. The SMILES string of the molecule is CC(O)N(C(C)O)C(C)O.[MgH2]. The molecule has 0 aliphatic carbocycles. The van der Waals surface area contributed by atoms with Crippen LogP contribution in [0, 0.1) is 0 Å². The van der Waals surface area contributed by atoms with Crippen molar-refractivity contribution in [2.75, 3.05) is 0 Å². The average Bonchev–Trinajstić information content (AvgIpc) is 1.59. The fraction of sp³-hybridized carbons (Fsp3) is 1.00. The number of nitrogens with zero attached hydrogens (tertiary/aromatic N) is 1. The topological polar surface area (TPSA) is 63.9 Å². The quantitative estimate of drug-likeness (QED) is 0.357. The van der Waals surface area contributed by atoms with Crippen LogP contribution in [0.3, 0.4) is 0 Å². The molecule has 3 unspecified atom stereocenters. The van der Waals surface area contributed by atoms with Crippen LogP contribution < -0.4 is 0 Å². The van der Waals surface area contributed by atoms with E-state index in [1.54, 1.807) is 0 Å². The molecule has 0 aromatic heterocycles. The summed E-state index contributed by atoms with van der Waals surface area (Å²) in [6, 6.07) is 0. The van der Waals surface area contributed by atoms with E-state index in [1.165, 1.54) is 25.7 Å². The van der Waals surface area contributed by atoms with Crippen molar-refractivity contribution in [3.05, 3.63) is 0 Å². The Hall–Kier alpha value is 0.606. The number of aliphatic hydroxyl groups is 3. The smallest absolute Gasteiger partial charge is 0.316 e. The largest absolute Gasteiger partial charge is 0.379 e. The first kappa shape index (κ1) is 14.1. The van der Waals surface area contributed by atoms with Gasteiger partial charge in [-0.1, -0.05) is 0 Å². The second kappa shape index (κ2) is 6.16. The Balaban J connectivity index is 0. The third-order valence-electron chi connectivity index (χ3n) is 1.29. The van der Waals surface area contributed by atoms with E-state index < -0.39 is 18.7 Å². The van der Waals surface area contributed by atoms with Gasteiger partial charge in [0, 0.05) is 0 Å². The lowest BCUT2D eigenvalue weighted by Crippen LogP contribution is -2.45. The third kappa shape index (κ3) is 4.94. The van der Waals surface area contributed by atoms with Gasteiger partial charge in [0.15, 0.2) is 0 Å². The van der Waals surface area contributed by atoms with Crippen LogP contribution in [0.4, 0.5) is 0 Å². The first-order valence-corrected chi connectivity index (χ1v) is 3.28. The van der Waals surface area contributed by atoms with Crippen molar-refractivity contribution in [2.45, 2.75) is 39.5 Å². The first-order chi connectivity index (χ1) is 4.46. The lowest BCUT2D eigenvalue weighted by molar-refractivity contribution is -0.159. The van der Waals surface area contributed by atoms with Gasteiger partial charge in [0.1, 0.15) is 18.7 Å². The highest BCUT2D eigenvalue weighted by Gasteiger charge is 2.19. The number of rotatable bonds is 3. The number of hydrogen-bond donors (Lipinski definition) is 3. The van der Waals surface area contributed by atoms with E-state index >= 15 is 0 Å². The molecule has 0 fully saturated rings. The molecule has 3 atom stereocenters. The monoisotopic (exact) mass is 175 g/mol. The highest BCUT2D eigenvalue weighted by molar-refractivity contribution is 5.75. The summed E-state index contributed by atoms with van der Waals surface area (Å²) in [7, 11) is 0. The van der Waals surface area contributed by atoms with Gasteiger partial charge in [-0.05, 0) is 20.8 Å². The molecule has 0 aliphatic heterocycles. The Morgan fingerprint density at radius 2 is 1.00 bits per heavy atom. The molecule has 0 saturated carbocycles. The minimum Gasteiger partial charge on any atom is -0.379 e. The van der Waals surface area contributed by atoms with Crippen LogP contribution in [0.1, 0.15) is 20.8 Å². The molecule has 5 heteroatoms. The van der Waals surface area contributed by atoms with Crippen LogP contribution >= 0.6 is 0 Å². The van der Waals surface area contributed by atoms with E-state index in [4.69, 9.17) is 15.3 Å². The second-order valence-corrected chi connectivity index (χ2v) is 2.34. The van der Waals surface area contributed by atoms with E-state index in [0.717, 1.165) is 0 Å². The van der Waals surface area contributed by atoms with Crippen molar-refractivity contribution in [1.82, 2.24) is 4.90 Å². The normalized spacial score (nSPS) is 18.8. The van der Waals surface area contributed by atoms with Gasteiger partial charge in [-0.2, -0.15) is 0 Å². The summed E-state index contributed by atoms with van der Waals surface area (Å²) in [6.07, 6.45) is -2.50. The van der Waals surface area contributed by atoms with Crippen LogP contribution in [0.15, 0.2) is 0 Å². The molecule has 0 heterocycles. The highest BCUT2D eigenvalue weighted by Crippen LogP contribution is 2.04. The molecule has 0 radical (unpaired) electrons. The zero-order valence-corrected chi connectivity index (χ0v) is 6.52. The van der Waals surface area contributed by atoms with Crippen molar-refractivity contribution >= 4 is 23.1 Å². The highest BCUT2D eigenvalue weighted by atomic mass is 24.3. The fourth-order valence-electron chi connectivity index (χ4n) is 0.937. The predicted molar refractivity (Wildman–Crippen MR) is 45.4 cm³/mol. The molecule has 4 nitrogen and oxygen atoms in total. The van der Waals surface area contributed by atoms with Crippen molar-refractivity contribution in [3.63, 3.8) is 0 Å². The maximum atomic E-state index is 8.96. The lowest BCUT2D eigenvalue weighted by Gasteiger charge is -2.30. The first-order valence-electron chi connectivity index (χ1n) is 3.28. The van der Waals surface area contributed by atoms with Gasteiger partial charge in [-0.15, -0.1) is 0 Å². The fourth-order valence-corrected chi connectivity index (χ4v) is 0.937. The van der Waals surface area contributed by atoms with Gasteiger partial charge in [0.25, 0.3) is 0 Å². The average molecular weight is 176 g/mol. The molecular weight excluding hydrogens is 158 g/mol. The van der Waals surface area contributed by atoms with Crippen LogP contribution in [0.5, 0.6) is 0 Å². The minimum atomic E-state index is -0.833. The van der Waals surface area contributed by atoms with Crippen LogP contribution in [-0.2, 0) is 0 Å². The zero-order chi connectivity index (χ0) is 8.31. The molecule has 0 aromatic carbocycles. The molecule has 66 valence electrons. The van der Waals surface area contributed by atoms with Crippen molar-refractivity contribution in [3.8, 4) is 0 Å². The van der Waals surface area contributed by atoms with E-state index in [2.05, 4.69) is 0 Å². The van der Waals surface area contributed by atoms with E-state index in [1.807, 2.05) is 0 Å². The summed E-state index contributed by atoms with van der Waals surface area (Å²) in [6.45, 7) is 4.46. The second-order valence-electron chi connectivity index (χ2n) is 2.34. The molecule has 3 N–H and O–H groups in total. The van der Waals surface area contributed by atoms with Crippen LogP contribution in [0.2, 0.25) is 0 Å². The van der Waals surface area contributed by atoms with Crippen molar-refractivity contribution in [2.24, 2.45) is 0 Å². The molecule has 0 rings (SSSR count). The van der Waals surface area contributed by atoms with Crippen LogP contribution in [0.25, 0.3) is 0 Å². The van der Waals surface area contributed by atoms with Crippen molar-refractivity contribution in [1.29, 1.82) is 0 Å². The van der Waals surface area contributed by atoms with Gasteiger partial charge in [-0.3, -0.25) is 0 Å². The Morgan fingerprint density at radius 3 is 1.00 bits per heavy atom. The molecule has 0 aromatic rings. The number of aliphatic hydroxyl groups excluding tert-OH is 3. The molecule has 0 aliphatic rings. The zero-order valence-electron chi connectivity index (χ0n) is 6.52. The minimum absolute atomic E-state index is 0. The maximum Gasteiger partial charge on any atom is 0.316 e. The van der Waals surface area contributed by atoms with Gasteiger partial charge < -0.3 is 15.3 Å². The molecular formula is C6H17MgNO3. The van der Waals surface area contributed by atoms with Gasteiger partial charge in [0.2, 0.25) is 0 Å². The van der Waals surface area contributed by atoms with Crippen LogP contribution in [-0.4, -0.2) is 62.0 Å². The predicted octanol–water partition coefficient (Wildman–Crippen LogP) is -1.61. The van der Waals surface area contributed by atoms with E-state index in [-0.39, 0.29) is 23.1 Å². The molecule has 0 saturated heterocycles. The van der Waals surface area contributed by atoms with E-state index in [0.29, 0.717) is 0 Å². The van der Waals surface area contributed by atoms with E-state index in [9.17, 15) is 0 Å². The standard InChI is InChI=1S/C6H15NO3.Mg.2H/c1-4(8)7(5(2)9)6(3)10;;;/h4-6,8-10H,1-3H3;;;. The third-order valence-corrected chi connectivity index (χ3v) is 1.29. The molecule has 11 heavy (non-hydrogen) atoms. The van der Waals surface area contributed by atoms with Gasteiger partial charge in [0.05, 0.1) is 0 Å². The summed E-state index contributed by atoms with van der Waals surface area (Å²) in [5, 5.41) is 26.9. The summed E-state index contributed by atoms with van der Waals surface area (Å²) < 4.78 is 0. The maximum absolute atomic E-state index is 8.96. The Morgan fingerprint density at radius 1 is 0.818 bits per heavy atom. The lowest BCUT2D eigenvalue weighted by atomic mass is 10.4. The summed E-state index contributed by atoms with van der Waals surface area (Å²) in [5.74, 6) is 0. The summed E-state index contributed by atoms with van der Waals surface area (Å²) >= 11 is 0.